The molecule has 0 bridgehead atoms. The number of anilines is 2. The van der Waals surface area contributed by atoms with Gasteiger partial charge in [0.25, 0.3) is 10.0 Å². The number of likely N-dealkylation sites (N-methyl/N-ethyl adjacent to an activating group) is 1. The van der Waals surface area contributed by atoms with E-state index in [9.17, 15) is 23.1 Å². The molecule has 1 aromatic carbocycles. The van der Waals surface area contributed by atoms with Gasteiger partial charge in [-0.2, -0.15) is 0 Å². The van der Waals surface area contributed by atoms with Crippen LogP contribution in [0, 0.1) is 5.82 Å². The molecule has 10 nitrogen and oxygen atoms in total. The van der Waals surface area contributed by atoms with E-state index in [0.717, 1.165) is 30.2 Å². The number of carbonyl (C=O) groups is 2. The summed E-state index contributed by atoms with van der Waals surface area (Å²) in [5, 5.41) is 10.7. The van der Waals surface area contributed by atoms with E-state index in [-0.39, 0.29) is 24.3 Å². The van der Waals surface area contributed by atoms with E-state index in [0.29, 0.717) is 28.5 Å². The fraction of sp³-hybridized carbons (Fsp3) is 0.522. The number of aromatic nitrogens is 1. The second-order valence-corrected chi connectivity index (χ2v) is 12.5. The SMILES string of the molecule is CN(c1cc(F)c(S(=O)(=O)N(C(=O)OC(C)(C)C)c2cscn2)cc1C1CC1)C1CCN(C(=O)O)C1. The number of benzene rings is 1. The number of likely N-dealkylation sites (tertiary alicyclic amines) is 1. The zero-order valence-electron chi connectivity index (χ0n) is 20.5. The van der Waals surface area contributed by atoms with Crippen LogP contribution >= 0.6 is 11.3 Å². The van der Waals surface area contributed by atoms with E-state index in [4.69, 9.17) is 4.74 Å². The molecule has 0 radical (unpaired) electrons. The van der Waals surface area contributed by atoms with Crippen molar-refractivity contribution in [1.29, 1.82) is 0 Å². The van der Waals surface area contributed by atoms with Gasteiger partial charge >= 0.3 is 12.2 Å². The van der Waals surface area contributed by atoms with Gasteiger partial charge in [-0.1, -0.05) is 0 Å². The van der Waals surface area contributed by atoms with Crippen LogP contribution in [-0.2, 0) is 14.8 Å². The normalized spacial score (nSPS) is 18.2. The Morgan fingerprint density at radius 3 is 2.47 bits per heavy atom. The summed E-state index contributed by atoms with van der Waals surface area (Å²) in [6, 6.07) is 2.29. The van der Waals surface area contributed by atoms with Crippen LogP contribution in [0.1, 0.15) is 51.5 Å². The fourth-order valence-electron chi connectivity index (χ4n) is 4.23. The maximum atomic E-state index is 15.6. The third kappa shape index (κ3) is 5.26. The second-order valence-electron chi connectivity index (χ2n) is 9.99. The monoisotopic (exact) mass is 540 g/mol. The zero-order valence-corrected chi connectivity index (χ0v) is 22.1. The van der Waals surface area contributed by atoms with Gasteiger partial charge in [-0.15, -0.1) is 15.6 Å². The molecule has 1 N–H and O–H groups in total. The zero-order chi connectivity index (χ0) is 26.4. The highest BCUT2D eigenvalue weighted by Gasteiger charge is 2.40. The first-order chi connectivity index (χ1) is 16.8. The van der Waals surface area contributed by atoms with Crippen molar-refractivity contribution in [1.82, 2.24) is 9.88 Å². The highest BCUT2D eigenvalue weighted by atomic mass is 32.2. The number of rotatable bonds is 6. The summed E-state index contributed by atoms with van der Waals surface area (Å²) in [5.74, 6) is -1.15. The number of hydrogen-bond donors (Lipinski definition) is 1. The van der Waals surface area contributed by atoms with Crippen molar-refractivity contribution in [3.8, 4) is 0 Å². The van der Waals surface area contributed by atoms with Gasteiger partial charge in [0.05, 0.1) is 5.51 Å². The summed E-state index contributed by atoms with van der Waals surface area (Å²) >= 11 is 1.09. The summed E-state index contributed by atoms with van der Waals surface area (Å²) in [7, 11) is -2.96. The van der Waals surface area contributed by atoms with Crippen molar-refractivity contribution in [2.75, 3.05) is 29.3 Å². The number of amides is 2. The van der Waals surface area contributed by atoms with Gasteiger partial charge in [-0.05, 0) is 63.6 Å². The summed E-state index contributed by atoms with van der Waals surface area (Å²) in [5.41, 5.74) is 1.54. The number of carbonyl (C=O) groups excluding carboxylic acids is 1. The highest BCUT2D eigenvalue weighted by Crippen LogP contribution is 2.46. The Balaban J connectivity index is 1.74. The minimum atomic E-state index is -4.71. The van der Waals surface area contributed by atoms with Gasteiger partial charge in [0.2, 0.25) is 0 Å². The van der Waals surface area contributed by atoms with Crippen molar-refractivity contribution >= 4 is 45.1 Å². The van der Waals surface area contributed by atoms with Gasteiger partial charge in [0.15, 0.2) is 5.82 Å². The molecule has 1 saturated heterocycles. The Kier molecular flexibility index (Phi) is 6.90. The minimum Gasteiger partial charge on any atom is -0.465 e. The Bertz CT molecular complexity index is 1260. The average Bonchev–Trinajstić information content (AvgIpc) is 3.25. The first-order valence-corrected chi connectivity index (χ1v) is 13.9. The lowest BCUT2D eigenvalue weighted by molar-refractivity contribution is 0.0608. The molecule has 2 aliphatic rings. The highest BCUT2D eigenvalue weighted by molar-refractivity contribution is 7.93. The van der Waals surface area contributed by atoms with Crippen molar-refractivity contribution in [3.63, 3.8) is 0 Å². The van der Waals surface area contributed by atoms with Crippen LogP contribution in [0.15, 0.2) is 27.9 Å². The summed E-state index contributed by atoms with van der Waals surface area (Å²) in [6.45, 7) is 5.44. The van der Waals surface area contributed by atoms with Gasteiger partial charge in [0, 0.05) is 37.2 Å². The first kappa shape index (κ1) is 26.1. The standard InChI is InChI=1S/C23H29FN4O6S2/c1-23(2,3)34-22(31)28(20-12-35-13-25-20)36(32,33)19-9-16(14-5-6-14)18(10-17(19)24)26(4)15-7-8-27(11-15)21(29)30/h9-10,12-15H,5-8,11H2,1-4H3,(H,29,30). The number of carboxylic acid groups (broad SMARTS) is 1. The molecule has 13 heteroatoms. The van der Waals surface area contributed by atoms with Gasteiger partial charge in [0.1, 0.15) is 16.3 Å². The second kappa shape index (κ2) is 9.51. The quantitative estimate of drug-likeness (QED) is 0.570. The van der Waals surface area contributed by atoms with Gasteiger partial charge < -0.3 is 19.6 Å². The average molecular weight is 541 g/mol. The lowest BCUT2D eigenvalue weighted by atomic mass is 10.1. The smallest absolute Gasteiger partial charge is 0.430 e. The van der Waals surface area contributed by atoms with Crippen LogP contribution in [0.3, 0.4) is 0 Å². The first-order valence-electron chi connectivity index (χ1n) is 11.5. The number of sulfonamides is 1. The predicted octanol–water partition coefficient (Wildman–Crippen LogP) is 4.48. The van der Waals surface area contributed by atoms with Crippen LogP contribution in [0.4, 0.5) is 25.5 Å². The third-order valence-electron chi connectivity index (χ3n) is 6.16. The molecule has 1 aliphatic heterocycles. The van der Waals surface area contributed by atoms with Crippen molar-refractivity contribution in [2.24, 2.45) is 0 Å². The maximum Gasteiger partial charge on any atom is 0.430 e. The maximum absolute atomic E-state index is 15.6. The van der Waals surface area contributed by atoms with Gasteiger partial charge in [-0.3, -0.25) is 0 Å². The van der Waals surface area contributed by atoms with E-state index in [2.05, 4.69) is 4.98 Å². The number of ether oxygens (including phenoxy) is 1. The number of thiazole rings is 1. The molecule has 36 heavy (non-hydrogen) atoms. The Labute approximate surface area is 213 Å². The van der Waals surface area contributed by atoms with Crippen molar-refractivity contribution in [3.05, 3.63) is 34.4 Å². The van der Waals surface area contributed by atoms with E-state index >= 15 is 4.39 Å². The van der Waals surface area contributed by atoms with E-state index in [1.165, 1.54) is 21.9 Å². The molecule has 1 unspecified atom stereocenters. The van der Waals surface area contributed by atoms with Crippen LogP contribution < -0.4 is 9.21 Å². The fourth-order valence-corrected chi connectivity index (χ4v) is 6.18. The van der Waals surface area contributed by atoms with Crippen molar-refractivity contribution in [2.45, 2.75) is 62.5 Å². The molecule has 1 atom stereocenters. The van der Waals surface area contributed by atoms with Gasteiger partial charge in [-0.25, -0.2) is 27.4 Å². The van der Waals surface area contributed by atoms with E-state index in [1.54, 1.807) is 27.8 Å². The summed E-state index contributed by atoms with van der Waals surface area (Å²) in [4.78, 5) is 30.7. The molecular weight excluding hydrogens is 511 g/mol. The lowest BCUT2D eigenvalue weighted by Gasteiger charge is -2.30. The number of halogens is 1. The predicted molar refractivity (Wildman–Crippen MR) is 133 cm³/mol. The molecular formula is C23H29FN4O6S2. The van der Waals surface area contributed by atoms with Crippen LogP contribution in [0.5, 0.6) is 0 Å². The molecule has 1 aromatic heterocycles. The van der Waals surface area contributed by atoms with Crippen LogP contribution in [0.25, 0.3) is 0 Å². The summed E-state index contributed by atoms with van der Waals surface area (Å²) < 4.78 is 48.7. The molecule has 2 amide bonds. The number of hydrogen-bond acceptors (Lipinski definition) is 8. The molecule has 2 aromatic rings. The summed E-state index contributed by atoms with van der Waals surface area (Å²) in [6.07, 6.45) is 0.0246. The molecule has 2 fully saturated rings. The van der Waals surface area contributed by atoms with Crippen LogP contribution in [0.2, 0.25) is 0 Å². The Hall–Kier alpha value is -2.93. The van der Waals surface area contributed by atoms with Crippen LogP contribution in [-0.4, -0.2) is 67.4 Å². The molecule has 2 heterocycles. The Morgan fingerprint density at radius 1 is 1.25 bits per heavy atom. The largest absolute Gasteiger partial charge is 0.465 e. The van der Waals surface area contributed by atoms with Crippen molar-refractivity contribution < 1.29 is 32.2 Å². The molecule has 0 spiro atoms. The van der Waals surface area contributed by atoms with E-state index < -0.39 is 38.5 Å². The number of nitrogens with zero attached hydrogens (tertiary/aromatic N) is 4. The topological polar surface area (TPSA) is 120 Å². The lowest BCUT2D eigenvalue weighted by Crippen LogP contribution is -2.41. The molecule has 1 saturated carbocycles. The minimum absolute atomic E-state index is 0.0447. The molecule has 196 valence electrons. The molecule has 1 aliphatic carbocycles. The molecule has 4 rings (SSSR count). The third-order valence-corrected chi connectivity index (χ3v) is 8.42. The Morgan fingerprint density at radius 2 is 1.94 bits per heavy atom. The van der Waals surface area contributed by atoms with E-state index in [1.807, 2.05) is 4.90 Å².